The minimum Gasteiger partial charge on any atom is -0.312 e. The first-order chi connectivity index (χ1) is 9.35. The summed E-state index contributed by atoms with van der Waals surface area (Å²) in [4.78, 5) is 0. The molecular weight excluding hydrogens is 317 g/mol. The summed E-state index contributed by atoms with van der Waals surface area (Å²) in [5.74, 6) is 1.30. The first-order valence-corrected chi connectivity index (χ1v) is 8.33. The quantitative estimate of drug-likeness (QED) is 0.818. The maximum Gasteiger partial charge on any atom is 0.137 e. The van der Waals surface area contributed by atoms with E-state index in [1.54, 1.807) is 6.07 Å². The average Bonchev–Trinajstić information content (AvgIpc) is 2.78. The van der Waals surface area contributed by atoms with Gasteiger partial charge in [0.1, 0.15) is 5.82 Å². The molecule has 0 heterocycles. The third-order valence-electron chi connectivity index (χ3n) is 4.19. The van der Waals surface area contributed by atoms with Crippen LogP contribution in [0.15, 0.2) is 22.7 Å². The summed E-state index contributed by atoms with van der Waals surface area (Å²) < 4.78 is 13.9. The number of benzene rings is 1. The lowest BCUT2D eigenvalue weighted by Gasteiger charge is -2.26. The van der Waals surface area contributed by atoms with E-state index in [1.807, 2.05) is 12.1 Å². The van der Waals surface area contributed by atoms with Crippen LogP contribution in [-0.2, 0) is 6.42 Å². The molecule has 3 heteroatoms. The van der Waals surface area contributed by atoms with Gasteiger partial charge in [-0.25, -0.2) is 4.39 Å². The molecule has 0 bridgehead atoms. The molecule has 20 heavy (non-hydrogen) atoms. The van der Waals surface area contributed by atoms with Crippen molar-refractivity contribution >= 4 is 15.9 Å². The van der Waals surface area contributed by atoms with Crippen molar-refractivity contribution in [3.05, 3.63) is 34.1 Å². The van der Waals surface area contributed by atoms with E-state index in [0.717, 1.165) is 24.8 Å². The highest BCUT2D eigenvalue weighted by atomic mass is 79.9. The van der Waals surface area contributed by atoms with E-state index in [9.17, 15) is 4.39 Å². The van der Waals surface area contributed by atoms with Gasteiger partial charge in [0, 0.05) is 5.54 Å². The van der Waals surface area contributed by atoms with Gasteiger partial charge in [0.25, 0.3) is 0 Å². The SMILES string of the molecule is CC(C)(C)NCC1CCCC1Cc1ccc(F)c(Br)c1. The first kappa shape index (κ1) is 16.0. The number of nitrogens with one attached hydrogen (secondary N) is 1. The Bertz CT molecular complexity index is 453. The minimum atomic E-state index is -0.175. The third-order valence-corrected chi connectivity index (χ3v) is 4.80. The van der Waals surface area contributed by atoms with Gasteiger partial charge in [0.15, 0.2) is 0 Å². The molecule has 0 aromatic heterocycles. The normalized spacial score (nSPS) is 23.2. The van der Waals surface area contributed by atoms with Crippen molar-refractivity contribution in [2.75, 3.05) is 6.54 Å². The Hall–Kier alpha value is -0.410. The van der Waals surface area contributed by atoms with Crippen LogP contribution < -0.4 is 5.32 Å². The van der Waals surface area contributed by atoms with Gasteiger partial charge >= 0.3 is 0 Å². The molecule has 2 rings (SSSR count). The first-order valence-electron chi connectivity index (χ1n) is 7.54. The zero-order chi connectivity index (χ0) is 14.8. The van der Waals surface area contributed by atoms with Gasteiger partial charge < -0.3 is 5.32 Å². The van der Waals surface area contributed by atoms with Crippen molar-refractivity contribution in [3.63, 3.8) is 0 Å². The molecule has 0 saturated heterocycles. The van der Waals surface area contributed by atoms with Crippen LogP contribution in [0.1, 0.15) is 45.6 Å². The standard InChI is InChI=1S/C17H25BrFN/c1-17(2,3)20-11-14-6-4-5-13(14)9-12-7-8-16(19)15(18)10-12/h7-8,10,13-14,20H,4-6,9,11H2,1-3H3. The monoisotopic (exact) mass is 341 g/mol. The van der Waals surface area contributed by atoms with Crippen LogP contribution in [0.4, 0.5) is 4.39 Å². The molecule has 1 N–H and O–H groups in total. The minimum absolute atomic E-state index is 0.175. The van der Waals surface area contributed by atoms with Gasteiger partial charge in [-0.15, -0.1) is 0 Å². The Morgan fingerprint density at radius 1 is 1.25 bits per heavy atom. The summed E-state index contributed by atoms with van der Waals surface area (Å²) in [5, 5.41) is 3.63. The van der Waals surface area contributed by atoms with Crippen molar-refractivity contribution in [2.45, 2.75) is 52.0 Å². The molecule has 1 aromatic rings. The van der Waals surface area contributed by atoms with E-state index in [2.05, 4.69) is 42.0 Å². The predicted molar refractivity (Wildman–Crippen MR) is 86.4 cm³/mol. The van der Waals surface area contributed by atoms with E-state index >= 15 is 0 Å². The van der Waals surface area contributed by atoms with Gasteiger partial charge in [-0.05, 0) is 92.0 Å². The van der Waals surface area contributed by atoms with Gasteiger partial charge in [0.2, 0.25) is 0 Å². The molecule has 1 aromatic carbocycles. The fourth-order valence-corrected chi connectivity index (χ4v) is 3.48. The van der Waals surface area contributed by atoms with E-state index in [-0.39, 0.29) is 11.4 Å². The van der Waals surface area contributed by atoms with Crippen LogP contribution in [0.3, 0.4) is 0 Å². The van der Waals surface area contributed by atoms with Gasteiger partial charge in [-0.3, -0.25) is 0 Å². The molecule has 1 saturated carbocycles. The van der Waals surface area contributed by atoms with Crippen LogP contribution in [0, 0.1) is 17.7 Å². The van der Waals surface area contributed by atoms with Gasteiger partial charge in [-0.1, -0.05) is 12.5 Å². The number of rotatable bonds is 4. The summed E-state index contributed by atoms with van der Waals surface area (Å²) in [5.41, 5.74) is 1.43. The lowest BCUT2D eigenvalue weighted by atomic mass is 9.89. The van der Waals surface area contributed by atoms with Crippen LogP contribution in [0.25, 0.3) is 0 Å². The highest BCUT2D eigenvalue weighted by Crippen LogP contribution is 2.34. The second-order valence-electron chi connectivity index (χ2n) is 7.03. The molecule has 2 unspecified atom stereocenters. The fraction of sp³-hybridized carbons (Fsp3) is 0.647. The summed E-state index contributed by atoms with van der Waals surface area (Å²) in [6.45, 7) is 7.74. The molecule has 0 aliphatic heterocycles. The molecule has 0 spiro atoms. The topological polar surface area (TPSA) is 12.0 Å². The summed E-state index contributed by atoms with van der Waals surface area (Å²) in [7, 11) is 0. The van der Waals surface area contributed by atoms with E-state index < -0.39 is 0 Å². The van der Waals surface area contributed by atoms with Gasteiger partial charge in [0.05, 0.1) is 4.47 Å². The highest BCUT2D eigenvalue weighted by Gasteiger charge is 2.28. The summed E-state index contributed by atoms with van der Waals surface area (Å²) >= 11 is 3.28. The summed E-state index contributed by atoms with van der Waals surface area (Å²) in [6.07, 6.45) is 5.00. The van der Waals surface area contributed by atoms with Crippen LogP contribution >= 0.6 is 15.9 Å². The van der Waals surface area contributed by atoms with Crippen molar-refractivity contribution in [1.82, 2.24) is 5.32 Å². The zero-order valence-corrected chi connectivity index (χ0v) is 14.3. The van der Waals surface area contributed by atoms with Crippen molar-refractivity contribution in [2.24, 2.45) is 11.8 Å². The smallest absolute Gasteiger partial charge is 0.137 e. The molecule has 0 radical (unpaired) electrons. The van der Waals surface area contributed by atoms with E-state index in [4.69, 9.17) is 0 Å². The molecule has 1 fully saturated rings. The fourth-order valence-electron chi connectivity index (χ4n) is 3.06. The molecular formula is C17H25BrFN. The van der Waals surface area contributed by atoms with E-state index in [0.29, 0.717) is 4.47 Å². The molecule has 0 amide bonds. The Labute approximate surface area is 130 Å². The number of hydrogen-bond acceptors (Lipinski definition) is 1. The Morgan fingerprint density at radius 2 is 1.95 bits per heavy atom. The van der Waals surface area contributed by atoms with E-state index in [1.165, 1.54) is 24.8 Å². The van der Waals surface area contributed by atoms with Crippen LogP contribution in [-0.4, -0.2) is 12.1 Å². The largest absolute Gasteiger partial charge is 0.312 e. The predicted octanol–water partition coefficient (Wildman–Crippen LogP) is 4.94. The molecule has 1 aliphatic carbocycles. The van der Waals surface area contributed by atoms with Crippen molar-refractivity contribution in [1.29, 1.82) is 0 Å². The molecule has 2 atom stereocenters. The second-order valence-corrected chi connectivity index (χ2v) is 7.89. The van der Waals surface area contributed by atoms with Crippen LogP contribution in [0.2, 0.25) is 0 Å². The molecule has 112 valence electrons. The zero-order valence-electron chi connectivity index (χ0n) is 12.7. The third kappa shape index (κ3) is 4.56. The highest BCUT2D eigenvalue weighted by molar-refractivity contribution is 9.10. The Kier molecular flexibility index (Phi) is 5.25. The van der Waals surface area contributed by atoms with Gasteiger partial charge in [-0.2, -0.15) is 0 Å². The lowest BCUT2D eigenvalue weighted by Crippen LogP contribution is -2.40. The van der Waals surface area contributed by atoms with Crippen molar-refractivity contribution < 1.29 is 4.39 Å². The lowest BCUT2D eigenvalue weighted by molar-refractivity contribution is 0.317. The number of hydrogen-bond donors (Lipinski definition) is 1. The molecule has 1 nitrogen and oxygen atoms in total. The molecule has 1 aliphatic rings. The second kappa shape index (κ2) is 6.57. The van der Waals surface area contributed by atoms with Crippen molar-refractivity contribution in [3.8, 4) is 0 Å². The maximum absolute atomic E-state index is 13.3. The summed E-state index contributed by atoms with van der Waals surface area (Å²) in [6, 6.07) is 5.42. The average molecular weight is 342 g/mol. The Morgan fingerprint density at radius 3 is 2.60 bits per heavy atom. The number of halogens is 2. The van der Waals surface area contributed by atoms with Crippen LogP contribution in [0.5, 0.6) is 0 Å². The Balaban J connectivity index is 1.95. The maximum atomic E-state index is 13.3.